The van der Waals surface area contributed by atoms with Gasteiger partial charge in [-0.3, -0.25) is 4.79 Å². The van der Waals surface area contributed by atoms with Gasteiger partial charge in [0.15, 0.2) is 0 Å². The van der Waals surface area contributed by atoms with Gasteiger partial charge in [-0.25, -0.2) is 4.68 Å². The van der Waals surface area contributed by atoms with Gasteiger partial charge in [-0.05, 0) is 39.3 Å². The normalized spacial score (nSPS) is 27.9. The first kappa shape index (κ1) is 13.5. The molecule has 2 fully saturated rings. The molecule has 0 N–H and O–H groups in total. The van der Waals surface area contributed by atoms with Crippen LogP contribution in [0.5, 0.6) is 0 Å². The number of amides is 1. The predicted octanol–water partition coefficient (Wildman–Crippen LogP) is 0.612. The van der Waals surface area contributed by atoms with Crippen molar-refractivity contribution < 1.29 is 4.79 Å². The Bertz CT molecular complexity index is 456. The van der Waals surface area contributed by atoms with E-state index in [0.29, 0.717) is 12.0 Å². The van der Waals surface area contributed by atoms with E-state index in [0.717, 1.165) is 26.1 Å². The Morgan fingerprint density at radius 3 is 2.75 bits per heavy atom. The van der Waals surface area contributed by atoms with Crippen molar-refractivity contribution in [2.24, 2.45) is 5.41 Å². The van der Waals surface area contributed by atoms with Crippen LogP contribution in [0.3, 0.4) is 0 Å². The van der Waals surface area contributed by atoms with E-state index in [-0.39, 0.29) is 5.91 Å². The third kappa shape index (κ3) is 2.85. The van der Waals surface area contributed by atoms with Gasteiger partial charge in [0.25, 0.3) is 0 Å². The molecule has 0 aliphatic carbocycles. The number of rotatable bonds is 2. The van der Waals surface area contributed by atoms with Gasteiger partial charge in [0.2, 0.25) is 5.91 Å². The van der Waals surface area contributed by atoms with Crippen LogP contribution in [0.25, 0.3) is 0 Å². The molecular formula is C14H23N5O. The summed E-state index contributed by atoms with van der Waals surface area (Å²) >= 11 is 0. The number of aromatic nitrogens is 3. The lowest BCUT2D eigenvalue weighted by atomic mass is 9.74. The summed E-state index contributed by atoms with van der Waals surface area (Å²) in [4.78, 5) is 16.8. The second kappa shape index (κ2) is 5.52. The maximum Gasteiger partial charge on any atom is 0.244 e. The molecule has 1 spiro atoms. The van der Waals surface area contributed by atoms with Crippen LogP contribution < -0.4 is 0 Å². The van der Waals surface area contributed by atoms with Crippen molar-refractivity contribution in [2.75, 3.05) is 33.2 Å². The molecule has 0 unspecified atom stereocenters. The number of piperidine rings is 2. The minimum atomic E-state index is 0.169. The van der Waals surface area contributed by atoms with Crippen LogP contribution >= 0.6 is 0 Å². The fourth-order valence-corrected chi connectivity index (χ4v) is 3.76. The number of likely N-dealkylation sites (tertiary alicyclic amines) is 2. The van der Waals surface area contributed by atoms with Crippen LogP contribution in [-0.4, -0.2) is 63.9 Å². The largest absolute Gasteiger partial charge is 0.340 e. The number of hydrogen-bond acceptors (Lipinski definition) is 4. The fourth-order valence-electron chi connectivity index (χ4n) is 3.76. The lowest BCUT2D eigenvalue weighted by molar-refractivity contribution is -0.136. The standard InChI is InChI=1S/C14H23N5O/c1-17-7-2-4-14(11-17)5-3-8-18(12-14)13(20)10-19-9-6-15-16-19/h6,9H,2-5,7-8,10-12H2,1H3/t14-/m0/s1. The van der Waals surface area contributed by atoms with E-state index in [2.05, 4.69) is 22.3 Å². The van der Waals surface area contributed by atoms with Crippen LogP contribution in [0.1, 0.15) is 25.7 Å². The van der Waals surface area contributed by atoms with E-state index in [9.17, 15) is 4.79 Å². The Kier molecular flexibility index (Phi) is 3.74. The third-order valence-corrected chi connectivity index (χ3v) is 4.64. The summed E-state index contributed by atoms with van der Waals surface area (Å²) in [7, 11) is 2.19. The predicted molar refractivity (Wildman–Crippen MR) is 75.0 cm³/mol. The summed E-state index contributed by atoms with van der Waals surface area (Å²) in [5.74, 6) is 0.169. The Hall–Kier alpha value is -1.43. The molecule has 2 saturated heterocycles. The molecule has 3 rings (SSSR count). The topological polar surface area (TPSA) is 54.3 Å². The van der Waals surface area contributed by atoms with Crippen LogP contribution in [0, 0.1) is 5.41 Å². The van der Waals surface area contributed by atoms with Gasteiger partial charge in [-0.2, -0.15) is 0 Å². The lowest BCUT2D eigenvalue weighted by Crippen LogP contribution is -2.53. The average Bonchev–Trinajstić information content (AvgIpc) is 2.91. The molecule has 0 radical (unpaired) electrons. The summed E-state index contributed by atoms with van der Waals surface area (Å²) in [6, 6.07) is 0. The highest BCUT2D eigenvalue weighted by Crippen LogP contribution is 2.38. The van der Waals surface area contributed by atoms with Gasteiger partial charge >= 0.3 is 0 Å². The van der Waals surface area contributed by atoms with E-state index in [1.165, 1.54) is 25.8 Å². The SMILES string of the molecule is CN1CCC[C@]2(CCCN(C(=O)Cn3ccnn3)C2)C1. The molecule has 6 nitrogen and oxygen atoms in total. The Morgan fingerprint density at radius 2 is 2.05 bits per heavy atom. The van der Waals surface area contributed by atoms with E-state index in [1.54, 1.807) is 17.1 Å². The minimum Gasteiger partial charge on any atom is -0.340 e. The number of carbonyl (C=O) groups excluding carboxylic acids is 1. The maximum atomic E-state index is 12.4. The smallest absolute Gasteiger partial charge is 0.244 e. The second-order valence-corrected chi connectivity index (χ2v) is 6.36. The highest BCUT2D eigenvalue weighted by atomic mass is 16.2. The summed E-state index contributed by atoms with van der Waals surface area (Å²) in [6.07, 6.45) is 8.24. The molecular weight excluding hydrogens is 254 g/mol. The lowest BCUT2D eigenvalue weighted by Gasteiger charge is -2.47. The highest BCUT2D eigenvalue weighted by molar-refractivity contribution is 5.76. The Labute approximate surface area is 119 Å². The summed E-state index contributed by atoms with van der Waals surface area (Å²) < 4.78 is 1.61. The molecule has 0 aromatic carbocycles. The van der Waals surface area contributed by atoms with E-state index in [1.807, 2.05) is 4.90 Å². The van der Waals surface area contributed by atoms with Gasteiger partial charge in [0.05, 0.1) is 6.20 Å². The molecule has 2 aliphatic heterocycles. The highest BCUT2D eigenvalue weighted by Gasteiger charge is 2.39. The number of hydrogen-bond donors (Lipinski definition) is 0. The molecule has 0 bridgehead atoms. The van der Waals surface area contributed by atoms with Gasteiger partial charge in [0.1, 0.15) is 6.54 Å². The first-order valence-corrected chi connectivity index (χ1v) is 7.47. The van der Waals surface area contributed by atoms with Crippen LogP contribution in [0.4, 0.5) is 0 Å². The molecule has 110 valence electrons. The zero-order chi connectivity index (χ0) is 14.0. The molecule has 1 aromatic rings. The molecule has 20 heavy (non-hydrogen) atoms. The zero-order valence-electron chi connectivity index (χ0n) is 12.2. The van der Waals surface area contributed by atoms with Crippen molar-refractivity contribution in [3.8, 4) is 0 Å². The monoisotopic (exact) mass is 277 g/mol. The zero-order valence-corrected chi connectivity index (χ0v) is 12.2. The number of nitrogens with zero attached hydrogens (tertiary/aromatic N) is 5. The van der Waals surface area contributed by atoms with Gasteiger partial charge in [-0.15, -0.1) is 5.10 Å². The van der Waals surface area contributed by atoms with Crippen molar-refractivity contribution in [1.82, 2.24) is 24.8 Å². The van der Waals surface area contributed by atoms with E-state index < -0.39 is 0 Å². The van der Waals surface area contributed by atoms with Gasteiger partial charge < -0.3 is 9.80 Å². The number of carbonyl (C=O) groups is 1. The second-order valence-electron chi connectivity index (χ2n) is 6.36. The Balaban J connectivity index is 1.64. The molecule has 2 aliphatic rings. The molecule has 3 heterocycles. The summed E-state index contributed by atoms with van der Waals surface area (Å²) in [6.45, 7) is 4.42. The van der Waals surface area contributed by atoms with Crippen LogP contribution in [0.2, 0.25) is 0 Å². The van der Waals surface area contributed by atoms with Crippen molar-refractivity contribution >= 4 is 5.91 Å². The van der Waals surface area contributed by atoms with Crippen molar-refractivity contribution in [3.05, 3.63) is 12.4 Å². The summed E-state index contributed by atoms with van der Waals surface area (Å²) in [5, 5.41) is 7.63. The first-order chi connectivity index (χ1) is 9.67. The maximum absolute atomic E-state index is 12.4. The quantitative estimate of drug-likeness (QED) is 0.795. The molecule has 0 saturated carbocycles. The van der Waals surface area contributed by atoms with Gasteiger partial charge in [0, 0.05) is 31.2 Å². The minimum absolute atomic E-state index is 0.169. The van der Waals surface area contributed by atoms with Crippen molar-refractivity contribution in [1.29, 1.82) is 0 Å². The molecule has 1 aromatic heterocycles. The van der Waals surface area contributed by atoms with Crippen molar-refractivity contribution in [3.63, 3.8) is 0 Å². The van der Waals surface area contributed by atoms with E-state index >= 15 is 0 Å². The first-order valence-electron chi connectivity index (χ1n) is 7.47. The third-order valence-electron chi connectivity index (χ3n) is 4.64. The summed E-state index contributed by atoms with van der Waals surface area (Å²) in [5.41, 5.74) is 0.323. The molecule has 6 heteroatoms. The fraction of sp³-hybridized carbons (Fsp3) is 0.786. The van der Waals surface area contributed by atoms with Gasteiger partial charge in [-0.1, -0.05) is 5.21 Å². The van der Waals surface area contributed by atoms with Crippen LogP contribution in [-0.2, 0) is 11.3 Å². The average molecular weight is 277 g/mol. The molecule has 1 amide bonds. The van der Waals surface area contributed by atoms with Crippen molar-refractivity contribution in [2.45, 2.75) is 32.2 Å². The molecule has 1 atom stereocenters. The van der Waals surface area contributed by atoms with E-state index in [4.69, 9.17) is 0 Å². The van der Waals surface area contributed by atoms with Crippen LogP contribution in [0.15, 0.2) is 12.4 Å². The Morgan fingerprint density at radius 1 is 1.25 bits per heavy atom.